The van der Waals surface area contributed by atoms with Crippen LogP contribution in [-0.2, 0) is 6.54 Å². The Labute approximate surface area is 126 Å². The lowest BCUT2D eigenvalue weighted by molar-refractivity contribution is 0.288. The summed E-state index contributed by atoms with van der Waals surface area (Å²) < 4.78 is 6.83. The van der Waals surface area contributed by atoms with E-state index in [0.29, 0.717) is 17.7 Å². The average Bonchev–Trinajstić information content (AvgIpc) is 2.79. The predicted molar refractivity (Wildman–Crippen MR) is 83.7 cm³/mol. The van der Waals surface area contributed by atoms with Crippen molar-refractivity contribution in [2.45, 2.75) is 13.5 Å². The number of hydrogen-bond donors (Lipinski definition) is 3. The van der Waals surface area contributed by atoms with Crippen molar-refractivity contribution in [3.63, 3.8) is 0 Å². The molecule has 1 aromatic carbocycles. The molecule has 2 heterocycles. The van der Waals surface area contributed by atoms with Gasteiger partial charge in [0, 0.05) is 18.4 Å². The lowest BCUT2D eigenvalue weighted by Gasteiger charge is -2.10. The Hall–Kier alpha value is -2.51. The van der Waals surface area contributed by atoms with Crippen molar-refractivity contribution in [3.8, 4) is 5.75 Å². The summed E-state index contributed by atoms with van der Waals surface area (Å²) in [4.78, 5) is 14.5. The fraction of sp³-hybridized carbons (Fsp3) is 0.133. The zero-order valence-electron chi connectivity index (χ0n) is 12.0. The van der Waals surface area contributed by atoms with E-state index < -0.39 is 7.32 Å². The molecule has 0 radical (unpaired) electrons. The van der Waals surface area contributed by atoms with E-state index in [0.717, 1.165) is 16.8 Å². The van der Waals surface area contributed by atoms with Crippen LogP contribution in [0.25, 0.3) is 10.9 Å². The molecule has 0 aliphatic heterocycles. The van der Waals surface area contributed by atoms with Crippen molar-refractivity contribution in [2.75, 3.05) is 0 Å². The molecule has 0 aliphatic rings. The van der Waals surface area contributed by atoms with Crippen LogP contribution >= 0.6 is 0 Å². The Bertz CT molecular complexity index is 852. The molecule has 112 valence electrons. The van der Waals surface area contributed by atoms with Crippen molar-refractivity contribution in [3.05, 3.63) is 64.2 Å². The highest BCUT2D eigenvalue weighted by Gasteiger charge is 2.11. The van der Waals surface area contributed by atoms with E-state index >= 15 is 0 Å². The monoisotopic (exact) mass is 298 g/mol. The molecule has 0 atom stereocenters. The summed E-state index contributed by atoms with van der Waals surface area (Å²) >= 11 is 0. The van der Waals surface area contributed by atoms with Gasteiger partial charge in [-0.1, -0.05) is 12.1 Å². The number of aromatic amines is 1. The number of nitrogens with zero attached hydrogens (tertiary/aromatic N) is 1. The summed E-state index contributed by atoms with van der Waals surface area (Å²) in [6.07, 6.45) is 1.64. The Morgan fingerprint density at radius 1 is 1.23 bits per heavy atom. The van der Waals surface area contributed by atoms with Gasteiger partial charge in [0.25, 0.3) is 5.56 Å². The van der Waals surface area contributed by atoms with Crippen molar-refractivity contribution < 1.29 is 14.7 Å². The van der Waals surface area contributed by atoms with Gasteiger partial charge in [-0.3, -0.25) is 4.79 Å². The van der Waals surface area contributed by atoms with Crippen LogP contribution in [0, 0.1) is 6.92 Å². The molecule has 6 nitrogen and oxygen atoms in total. The highest BCUT2D eigenvalue weighted by molar-refractivity contribution is 6.33. The van der Waals surface area contributed by atoms with Gasteiger partial charge in [0.1, 0.15) is 5.75 Å². The Morgan fingerprint density at radius 2 is 1.95 bits per heavy atom. The summed E-state index contributed by atoms with van der Waals surface area (Å²) in [5, 5.41) is 18.2. The summed E-state index contributed by atoms with van der Waals surface area (Å²) in [7, 11) is -1.83. The highest BCUT2D eigenvalue weighted by atomic mass is 16.6. The molecule has 3 rings (SSSR count). The number of pyridine rings is 1. The van der Waals surface area contributed by atoms with Gasteiger partial charge in [-0.15, -0.1) is 0 Å². The molecule has 0 amide bonds. The van der Waals surface area contributed by atoms with Crippen LogP contribution in [0.3, 0.4) is 0 Å². The molecule has 0 saturated carbocycles. The fourth-order valence-corrected chi connectivity index (χ4v) is 2.52. The first-order valence-electron chi connectivity index (χ1n) is 6.84. The summed E-state index contributed by atoms with van der Waals surface area (Å²) in [5.74, 6) is 0.379. The SMILES string of the molecule is Cc1cc2c(=O)[nH]ccc2n1Cc1ccc(OB(O)O)cc1. The quantitative estimate of drug-likeness (QED) is 0.628. The third kappa shape index (κ3) is 2.76. The number of H-pyrrole nitrogens is 1. The largest absolute Gasteiger partial charge is 0.707 e. The van der Waals surface area contributed by atoms with Gasteiger partial charge in [0.05, 0.1) is 10.9 Å². The van der Waals surface area contributed by atoms with Gasteiger partial charge >= 0.3 is 7.32 Å². The number of benzene rings is 1. The van der Waals surface area contributed by atoms with Crippen LogP contribution in [0.2, 0.25) is 0 Å². The van der Waals surface area contributed by atoms with Gasteiger partial charge in [-0.05, 0) is 36.8 Å². The maximum absolute atomic E-state index is 11.8. The minimum absolute atomic E-state index is 0.0972. The number of aromatic nitrogens is 2. The summed E-state index contributed by atoms with van der Waals surface area (Å²) in [6.45, 7) is 2.57. The first kappa shape index (κ1) is 14.4. The first-order chi connectivity index (χ1) is 10.5. The van der Waals surface area contributed by atoms with E-state index in [1.807, 2.05) is 31.2 Å². The van der Waals surface area contributed by atoms with Gasteiger partial charge < -0.3 is 24.3 Å². The van der Waals surface area contributed by atoms with E-state index in [2.05, 4.69) is 9.55 Å². The van der Waals surface area contributed by atoms with Crippen LogP contribution < -0.4 is 10.2 Å². The topological polar surface area (TPSA) is 87.5 Å². The maximum atomic E-state index is 11.8. The Morgan fingerprint density at radius 3 is 2.64 bits per heavy atom. The Balaban J connectivity index is 1.92. The molecule has 3 N–H and O–H groups in total. The van der Waals surface area contributed by atoms with Gasteiger partial charge in [0.2, 0.25) is 0 Å². The van der Waals surface area contributed by atoms with Crippen molar-refractivity contribution in [1.29, 1.82) is 0 Å². The van der Waals surface area contributed by atoms with E-state index in [-0.39, 0.29) is 5.56 Å². The molecule has 2 aromatic heterocycles. The normalized spacial score (nSPS) is 10.9. The molecule has 0 unspecified atom stereocenters. The van der Waals surface area contributed by atoms with Crippen molar-refractivity contribution in [2.24, 2.45) is 0 Å². The standard InChI is InChI=1S/C15H15BN2O4/c1-10-8-13-14(6-7-17-15(13)19)18(10)9-11-2-4-12(5-3-11)22-16(20)21/h2-8,20-21H,9H2,1H3,(H,17,19). The molecule has 22 heavy (non-hydrogen) atoms. The van der Waals surface area contributed by atoms with E-state index in [4.69, 9.17) is 14.7 Å². The molecule has 3 aromatic rings. The second kappa shape index (κ2) is 5.71. The van der Waals surface area contributed by atoms with E-state index in [9.17, 15) is 4.79 Å². The third-order valence-electron chi connectivity index (χ3n) is 3.55. The summed E-state index contributed by atoms with van der Waals surface area (Å²) in [6, 6.07) is 10.8. The first-order valence-corrected chi connectivity index (χ1v) is 6.84. The zero-order valence-corrected chi connectivity index (χ0v) is 12.0. The average molecular weight is 298 g/mol. The van der Waals surface area contributed by atoms with Gasteiger partial charge in [0.15, 0.2) is 0 Å². The lowest BCUT2D eigenvalue weighted by atomic mass is 10.2. The molecular weight excluding hydrogens is 283 g/mol. The molecule has 0 saturated heterocycles. The molecular formula is C15H15BN2O4. The minimum Gasteiger partial charge on any atom is -0.512 e. The van der Waals surface area contributed by atoms with Gasteiger partial charge in [-0.25, -0.2) is 0 Å². The molecule has 0 aliphatic carbocycles. The zero-order chi connectivity index (χ0) is 15.7. The number of rotatable bonds is 4. The van der Waals surface area contributed by atoms with Crippen LogP contribution in [0.4, 0.5) is 0 Å². The molecule has 7 heteroatoms. The highest BCUT2D eigenvalue weighted by Crippen LogP contribution is 2.19. The van der Waals surface area contributed by atoms with Crippen LogP contribution in [0.15, 0.2) is 47.4 Å². The van der Waals surface area contributed by atoms with Gasteiger partial charge in [-0.2, -0.15) is 0 Å². The van der Waals surface area contributed by atoms with Crippen LogP contribution in [0.5, 0.6) is 5.75 Å². The maximum Gasteiger partial charge on any atom is 0.707 e. The Kier molecular flexibility index (Phi) is 3.74. The van der Waals surface area contributed by atoms with Crippen LogP contribution in [0.1, 0.15) is 11.3 Å². The number of aryl methyl sites for hydroxylation is 1. The number of fused-ring (bicyclic) bond motifs is 1. The fourth-order valence-electron chi connectivity index (χ4n) is 2.52. The predicted octanol–water partition coefficient (Wildman–Crippen LogP) is 1.03. The second-order valence-electron chi connectivity index (χ2n) is 5.07. The number of hydrogen-bond acceptors (Lipinski definition) is 4. The van der Waals surface area contributed by atoms with Crippen molar-refractivity contribution in [1.82, 2.24) is 9.55 Å². The lowest BCUT2D eigenvalue weighted by Crippen LogP contribution is -2.20. The van der Waals surface area contributed by atoms with E-state index in [1.165, 1.54) is 0 Å². The smallest absolute Gasteiger partial charge is 0.512 e. The van der Waals surface area contributed by atoms with Crippen LogP contribution in [-0.4, -0.2) is 26.9 Å². The minimum atomic E-state index is -1.83. The molecule has 0 fully saturated rings. The number of nitrogens with one attached hydrogen (secondary N) is 1. The molecule has 0 bridgehead atoms. The van der Waals surface area contributed by atoms with Crippen molar-refractivity contribution >= 4 is 18.2 Å². The molecule has 0 spiro atoms. The van der Waals surface area contributed by atoms with E-state index in [1.54, 1.807) is 18.3 Å². The summed E-state index contributed by atoms with van der Waals surface area (Å²) in [5.41, 5.74) is 2.80. The third-order valence-corrected chi connectivity index (χ3v) is 3.55. The second-order valence-corrected chi connectivity index (χ2v) is 5.07.